The molecule has 9 nitrogen and oxygen atoms in total. The van der Waals surface area contributed by atoms with E-state index in [1.54, 1.807) is 7.11 Å². The highest BCUT2D eigenvalue weighted by Gasteiger charge is 2.26. The van der Waals surface area contributed by atoms with Crippen LogP contribution in [0, 0.1) is 0 Å². The minimum absolute atomic E-state index is 0.104. The van der Waals surface area contributed by atoms with Gasteiger partial charge in [-0.2, -0.15) is 0 Å². The van der Waals surface area contributed by atoms with Gasteiger partial charge in [-0.05, 0) is 30.2 Å². The Morgan fingerprint density at radius 3 is 2.97 bits per heavy atom. The van der Waals surface area contributed by atoms with Crippen molar-refractivity contribution in [2.75, 3.05) is 12.4 Å². The summed E-state index contributed by atoms with van der Waals surface area (Å²) in [5.41, 5.74) is 4.50. The van der Waals surface area contributed by atoms with E-state index in [0.717, 1.165) is 22.7 Å². The Bertz CT molecular complexity index is 1260. The fourth-order valence-electron chi connectivity index (χ4n) is 4.02. The third-order valence-electron chi connectivity index (χ3n) is 5.77. The number of ether oxygens (including phenoxy) is 1. The van der Waals surface area contributed by atoms with Crippen LogP contribution in [0.25, 0.3) is 0 Å². The summed E-state index contributed by atoms with van der Waals surface area (Å²) >= 11 is 0. The number of hydrogen-bond acceptors (Lipinski definition) is 8. The highest BCUT2D eigenvalue weighted by atomic mass is 16.5. The topological polar surface area (TPSA) is 120 Å². The Hall–Kier alpha value is -3.88. The van der Waals surface area contributed by atoms with E-state index in [-0.39, 0.29) is 24.0 Å². The molecule has 4 heterocycles. The van der Waals surface area contributed by atoms with E-state index < -0.39 is 0 Å². The van der Waals surface area contributed by atoms with E-state index >= 15 is 0 Å². The maximum atomic E-state index is 13.0. The maximum absolute atomic E-state index is 13.0. The molecule has 32 heavy (non-hydrogen) atoms. The molecule has 2 aromatic heterocycles. The van der Waals surface area contributed by atoms with Crippen LogP contribution < -0.4 is 10.1 Å². The SMILES string of the molecule is COc1ccc2c(c1)CC(c1cc([C@@H](C)CC(=O)c3ncnc4c3CCC(=O)N4)on1)=N2. The smallest absolute Gasteiger partial charge is 0.225 e. The van der Waals surface area contributed by atoms with Gasteiger partial charge in [-0.15, -0.1) is 0 Å². The average molecular weight is 431 g/mol. The van der Waals surface area contributed by atoms with Gasteiger partial charge in [-0.25, -0.2) is 9.97 Å². The summed E-state index contributed by atoms with van der Waals surface area (Å²) in [6.07, 6.45) is 2.92. The first kappa shape index (κ1) is 20.0. The predicted octanol–water partition coefficient (Wildman–Crippen LogP) is 3.41. The number of carbonyl (C=O) groups is 2. The molecule has 0 radical (unpaired) electrons. The zero-order valence-corrected chi connectivity index (χ0v) is 17.7. The maximum Gasteiger partial charge on any atom is 0.225 e. The Morgan fingerprint density at radius 2 is 2.12 bits per heavy atom. The number of anilines is 1. The monoisotopic (exact) mass is 431 g/mol. The van der Waals surface area contributed by atoms with Crippen LogP contribution in [-0.2, 0) is 17.6 Å². The minimum Gasteiger partial charge on any atom is -0.497 e. The summed E-state index contributed by atoms with van der Waals surface area (Å²) in [4.78, 5) is 37.5. The zero-order valence-electron chi connectivity index (χ0n) is 17.7. The van der Waals surface area contributed by atoms with Crippen molar-refractivity contribution < 1.29 is 18.8 Å². The molecule has 2 aliphatic rings. The van der Waals surface area contributed by atoms with Crippen LogP contribution in [0.5, 0.6) is 5.75 Å². The Morgan fingerprint density at radius 1 is 1.25 bits per heavy atom. The Balaban J connectivity index is 1.30. The van der Waals surface area contributed by atoms with Crippen LogP contribution in [0.4, 0.5) is 11.5 Å². The molecule has 1 atom stereocenters. The molecule has 0 bridgehead atoms. The van der Waals surface area contributed by atoms with E-state index in [0.29, 0.717) is 47.8 Å². The van der Waals surface area contributed by atoms with Crippen LogP contribution in [0.2, 0.25) is 0 Å². The van der Waals surface area contributed by atoms with Crippen molar-refractivity contribution in [3.8, 4) is 5.75 Å². The molecule has 0 spiro atoms. The second kappa shape index (κ2) is 7.99. The van der Waals surface area contributed by atoms with Gasteiger partial charge in [-0.1, -0.05) is 12.1 Å². The lowest BCUT2D eigenvalue weighted by molar-refractivity contribution is -0.116. The summed E-state index contributed by atoms with van der Waals surface area (Å²) in [5.74, 6) is 1.40. The molecule has 9 heteroatoms. The van der Waals surface area contributed by atoms with Crippen molar-refractivity contribution in [2.24, 2.45) is 4.99 Å². The van der Waals surface area contributed by atoms with Gasteiger partial charge in [0, 0.05) is 36.8 Å². The molecule has 0 unspecified atom stereocenters. The third kappa shape index (κ3) is 3.66. The van der Waals surface area contributed by atoms with Crippen molar-refractivity contribution in [1.82, 2.24) is 15.1 Å². The highest BCUT2D eigenvalue weighted by molar-refractivity contribution is 6.05. The fraction of sp³-hybridized carbons (Fsp3) is 0.304. The lowest BCUT2D eigenvalue weighted by atomic mass is 9.95. The van der Waals surface area contributed by atoms with Crippen molar-refractivity contribution in [1.29, 1.82) is 0 Å². The number of hydrogen-bond donors (Lipinski definition) is 1. The first-order valence-electron chi connectivity index (χ1n) is 10.4. The van der Waals surface area contributed by atoms with Crippen LogP contribution >= 0.6 is 0 Å². The Kier molecular flexibility index (Phi) is 5.01. The molecule has 162 valence electrons. The predicted molar refractivity (Wildman–Crippen MR) is 116 cm³/mol. The molecule has 0 saturated heterocycles. The summed E-state index contributed by atoms with van der Waals surface area (Å²) in [5, 5.41) is 6.88. The van der Waals surface area contributed by atoms with E-state index in [4.69, 9.17) is 9.26 Å². The largest absolute Gasteiger partial charge is 0.497 e. The summed E-state index contributed by atoms with van der Waals surface area (Å²) in [7, 11) is 1.64. The van der Waals surface area contributed by atoms with E-state index in [1.165, 1.54) is 6.33 Å². The standard InChI is InChI=1S/C23H21N5O4/c1-12(7-19(29)22-15-4-6-21(30)27-23(15)25-11-24-22)20-10-18(28-32-20)17-9-13-8-14(31-2)3-5-16(13)26-17/h3,5,8,10-12H,4,6-7,9H2,1-2H3,(H,24,25,27,30)/t12-/m0/s1. The summed E-state index contributed by atoms with van der Waals surface area (Å²) < 4.78 is 10.8. The number of methoxy groups -OCH3 is 1. The van der Waals surface area contributed by atoms with Crippen LogP contribution in [0.15, 0.2) is 40.1 Å². The number of carbonyl (C=O) groups excluding carboxylic acids is 2. The molecular formula is C23H21N5O4. The third-order valence-corrected chi connectivity index (χ3v) is 5.77. The molecule has 0 aliphatic carbocycles. The van der Waals surface area contributed by atoms with Gasteiger partial charge in [0.1, 0.15) is 35.0 Å². The zero-order chi connectivity index (χ0) is 22.2. The van der Waals surface area contributed by atoms with Crippen LogP contribution in [0.3, 0.4) is 0 Å². The molecule has 1 aromatic carbocycles. The summed E-state index contributed by atoms with van der Waals surface area (Å²) in [6.45, 7) is 1.91. The van der Waals surface area contributed by atoms with Gasteiger partial charge in [0.2, 0.25) is 5.91 Å². The highest BCUT2D eigenvalue weighted by Crippen LogP contribution is 2.33. The lowest BCUT2D eigenvalue weighted by Crippen LogP contribution is -2.23. The van der Waals surface area contributed by atoms with Gasteiger partial charge in [0.25, 0.3) is 0 Å². The van der Waals surface area contributed by atoms with Crippen molar-refractivity contribution in [3.63, 3.8) is 0 Å². The van der Waals surface area contributed by atoms with Gasteiger partial charge in [0.05, 0.1) is 18.5 Å². The van der Waals surface area contributed by atoms with E-state index in [1.807, 2.05) is 31.2 Å². The number of rotatable bonds is 6. The molecular weight excluding hydrogens is 410 g/mol. The second-order valence-electron chi connectivity index (χ2n) is 7.97. The van der Waals surface area contributed by atoms with Gasteiger partial charge in [0.15, 0.2) is 5.78 Å². The number of nitrogens with one attached hydrogen (secondary N) is 1. The number of benzene rings is 1. The molecule has 1 N–H and O–H groups in total. The normalized spacial score (nSPS) is 15.4. The van der Waals surface area contributed by atoms with Crippen LogP contribution in [0.1, 0.15) is 58.8 Å². The first-order chi connectivity index (χ1) is 15.5. The van der Waals surface area contributed by atoms with Crippen molar-refractivity contribution >= 4 is 28.9 Å². The first-order valence-corrected chi connectivity index (χ1v) is 10.4. The molecule has 0 saturated carbocycles. The Labute approximate surface area is 183 Å². The minimum atomic E-state index is -0.197. The molecule has 3 aromatic rings. The van der Waals surface area contributed by atoms with Gasteiger partial charge < -0.3 is 14.6 Å². The van der Waals surface area contributed by atoms with Gasteiger partial charge >= 0.3 is 0 Å². The van der Waals surface area contributed by atoms with Gasteiger partial charge in [-0.3, -0.25) is 14.6 Å². The molecule has 1 amide bonds. The number of aromatic nitrogens is 3. The molecule has 5 rings (SSSR count). The fourth-order valence-corrected chi connectivity index (χ4v) is 4.02. The van der Waals surface area contributed by atoms with Crippen molar-refractivity contribution in [2.45, 2.75) is 38.5 Å². The molecule has 2 aliphatic heterocycles. The van der Waals surface area contributed by atoms with E-state index in [9.17, 15) is 9.59 Å². The van der Waals surface area contributed by atoms with Crippen LogP contribution in [-0.4, -0.2) is 39.6 Å². The number of aliphatic imine (C=N–C) groups is 1. The molecule has 0 fully saturated rings. The number of nitrogens with zero attached hydrogens (tertiary/aromatic N) is 4. The number of Topliss-reactive ketones (excluding diaryl/α,β-unsaturated/α-hetero) is 1. The number of fused-ring (bicyclic) bond motifs is 2. The number of amides is 1. The summed E-state index contributed by atoms with van der Waals surface area (Å²) in [6, 6.07) is 7.62. The second-order valence-corrected chi connectivity index (χ2v) is 7.97. The average Bonchev–Trinajstić information content (AvgIpc) is 3.45. The quantitative estimate of drug-likeness (QED) is 0.594. The lowest BCUT2D eigenvalue weighted by Gasteiger charge is -2.17. The number of ketones is 1. The van der Waals surface area contributed by atoms with Crippen molar-refractivity contribution in [3.05, 3.63) is 58.9 Å². The van der Waals surface area contributed by atoms with E-state index in [2.05, 4.69) is 25.4 Å².